The number of amides is 1. The van der Waals surface area contributed by atoms with Gasteiger partial charge < -0.3 is 10.1 Å². The van der Waals surface area contributed by atoms with Crippen molar-refractivity contribution in [3.63, 3.8) is 0 Å². The molecule has 0 spiro atoms. The van der Waals surface area contributed by atoms with Crippen LogP contribution in [0.2, 0.25) is 0 Å². The number of carbonyl (C=O) groups excluding carboxylic acids is 1. The van der Waals surface area contributed by atoms with Crippen molar-refractivity contribution < 1.29 is 17.9 Å². The molecule has 0 saturated carbocycles. The van der Waals surface area contributed by atoms with Crippen LogP contribution < -0.4 is 10.1 Å². The zero-order chi connectivity index (χ0) is 18.9. The van der Waals surface area contributed by atoms with Crippen LogP contribution in [0.4, 0.5) is 0 Å². The van der Waals surface area contributed by atoms with E-state index >= 15 is 0 Å². The molecule has 1 fully saturated rings. The third kappa shape index (κ3) is 3.94. The molecule has 7 heteroatoms. The van der Waals surface area contributed by atoms with E-state index in [-0.39, 0.29) is 29.0 Å². The highest BCUT2D eigenvalue weighted by Crippen LogP contribution is 2.35. The van der Waals surface area contributed by atoms with E-state index in [1.165, 1.54) is 10.4 Å². The van der Waals surface area contributed by atoms with Gasteiger partial charge in [0, 0.05) is 19.1 Å². The van der Waals surface area contributed by atoms with Crippen molar-refractivity contribution in [1.82, 2.24) is 9.62 Å². The van der Waals surface area contributed by atoms with Gasteiger partial charge in [0.2, 0.25) is 15.9 Å². The lowest BCUT2D eigenvalue weighted by Gasteiger charge is -2.34. The van der Waals surface area contributed by atoms with Crippen LogP contribution in [0, 0.1) is 0 Å². The third-order valence-corrected chi connectivity index (χ3v) is 6.83. The van der Waals surface area contributed by atoms with Gasteiger partial charge in [-0.05, 0) is 69.4 Å². The number of hydrogen-bond acceptors (Lipinski definition) is 4. The lowest BCUT2D eigenvalue weighted by atomic mass is 9.94. The Morgan fingerprint density at radius 1 is 1.42 bits per heavy atom. The fraction of sp³-hybridized carbons (Fsp3) is 0.526. The number of aryl methyl sites for hydroxylation is 1. The van der Waals surface area contributed by atoms with Crippen LogP contribution in [-0.4, -0.2) is 43.4 Å². The van der Waals surface area contributed by atoms with Crippen molar-refractivity contribution in [3.05, 3.63) is 36.4 Å². The molecule has 1 N–H and O–H groups in total. The van der Waals surface area contributed by atoms with E-state index < -0.39 is 10.0 Å². The monoisotopic (exact) mass is 378 g/mol. The van der Waals surface area contributed by atoms with Gasteiger partial charge in [-0.3, -0.25) is 4.79 Å². The number of ether oxygens (including phenoxy) is 1. The summed E-state index contributed by atoms with van der Waals surface area (Å²) in [6, 6.07) is 4.91. The second-order valence-corrected chi connectivity index (χ2v) is 9.48. The molecule has 0 radical (unpaired) electrons. The second-order valence-electron chi connectivity index (χ2n) is 7.55. The third-order valence-electron chi connectivity index (χ3n) is 4.97. The van der Waals surface area contributed by atoms with Crippen LogP contribution in [0.1, 0.15) is 38.7 Å². The van der Waals surface area contributed by atoms with Gasteiger partial charge in [0.05, 0.1) is 4.90 Å². The topological polar surface area (TPSA) is 75.7 Å². The fourth-order valence-electron chi connectivity index (χ4n) is 3.48. The summed E-state index contributed by atoms with van der Waals surface area (Å²) < 4.78 is 33.5. The summed E-state index contributed by atoms with van der Waals surface area (Å²) >= 11 is 0. The Morgan fingerprint density at radius 3 is 2.92 bits per heavy atom. The maximum atomic E-state index is 13.1. The summed E-state index contributed by atoms with van der Waals surface area (Å²) in [5.74, 6) is 0.484. The fourth-order valence-corrected chi connectivity index (χ4v) is 5.06. The first-order valence-electron chi connectivity index (χ1n) is 8.96. The molecule has 1 amide bonds. The molecule has 3 rings (SSSR count). The van der Waals surface area contributed by atoms with Gasteiger partial charge >= 0.3 is 0 Å². The number of rotatable bonds is 4. The molecule has 26 heavy (non-hydrogen) atoms. The van der Waals surface area contributed by atoms with Crippen LogP contribution >= 0.6 is 0 Å². The Kier molecular flexibility index (Phi) is 5.12. The van der Waals surface area contributed by atoms with Gasteiger partial charge in [-0.25, -0.2) is 8.42 Å². The highest BCUT2D eigenvalue weighted by molar-refractivity contribution is 7.89. The average molecular weight is 378 g/mol. The van der Waals surface area contributed by atoms with Gasteiger partial charge in [-0.1, -0.05) is 6.58 Å². The molecule has 1 aromatic carbocycles. The number of hydrogen-bond donors (Lipinski definition) is 1. The quantitative estimate of drug-likeness (QED) is 0.816. The SMILES string of the molecule is C=CC(=O)N[C@H]1CCCN(S(=O)(=O)c2ccc3c(c2)CCC(C)(C)O3)C1. The van der Waals surface area contributed by atoms with Crippen LogP contribution in [0.15, 0.2) is 35.7 Å². The second kappa shape index (κ2) is 7.04. The van der Waals surface area contributed by atoms with Crippen molar-refractivity contribution in [2.24, 2.45) is 0 Å². The zero-order valence-electron chi connectivity index (χ0n) is 15.3. The van der Waals surface area contributed by atoms with Crippen LogP contribution in [0.3, 0.4) is 0 Å². The predicted octanol–water partition coefficient (Wildman–Crippen LogP) is 2.25. The number of carbonyl (C=O) groups is 1. The molecule has 142 valence electrons. The first kappa shape index (κ1) is 18.9. The Balaban J connectivity index is 1.80. The van der Waals surface area contributed by atoms with E-state index in [2.05, 4.69) is 11.9 Å². The summed E-state index contributed by atoms with van der Waals surface area (Å²) in [4.78, 5) is 11.8. The molecule has 1 aromatic rings. The Morgan fingerprint density at radius 2 is 2.19 bits per heavy atom. The summed E-state index contributed by atoms with van der Waals surface area (Å²) in [5, 5.41) is 2.80. The van der Waals surface area contributed by atoms with Crippen molar-refractivity contribution >= 4 is 15.9 Å². The summed E-state index contributed by atoms with van der Waals surface area (Å²) in [5.41, 5.74) is 0.704. The van der Waals surface area contributed by atoms with E-state index in [1.54, 1.807) is 18.2 Å². The van der Waals surface area contributed by atoms with Gasteiger partial charge in [-0.2, -0.15) is 4.31 Å². The first-order valence-corrected chi connectivity index (χ1v) is 10.4. The zero-order valence-corrected chi connectivity index (χ0v) is 16.1. The minimum absolute atomic E-state index is 0.189. The molecule has 0 bridgehead atoms. The molecule has 0 aliphatic carbocycles. The molecule has 0 aromatic heterocycles. The molecule has 1 atom stereocenters. The maximum absolute atomic E-state index is 13.1. The Bertz CT molecular complexity index is 817. The summed E-state index contributed by atoms with van der Waals surface area (Å²) in [6.07, 6.45) is 4.33. The van der Waals surface area contributed by atoms with E-state index in [4.69, 9.17) is 4.74 Å². The number of sulfonamides is 1. The van der Waals surface area contributed by atoms with Gasteiger partial charge in [0.15, 0.2) is 0 Å². The Labute approximate surface area is 155 Å². The van der Waals surface area contributed by atoms with E-state index in [0.717, 1.165) is 30.6 Å². The van der Waals surface area contributed by atoms with Gasteiger partial charge in [0.25, 0.3) is 0 Å². The van der Waals surface area contributed by atoms with Crippen molar-refractivity contribution in [2.75, 3.05) is 13.1 Å². The molecule has 2 aliphatic rings. The average Bonchev–Trinajstić information content (AvgIpc) is 2.60. The molecule has 2 heterocycles. The predicted molar refractivity (Wildman–Crippen MR) is 99.6 cm³/mol. The standard InChI is InChI=1S/C19H26N2O4S/c1-4-18(22)20-15-6-5-11-21(13-15)26(23,24)16-7-8-17-14(12-16)9-10-19(2,3)25-17/h4,7-8,12,15H,1,5-6,9-11,13H2,2-3H3,(H,20,22)/t15-/m0/s1. The Hall–Kier alpha value is -1.86. The van der Waals surface area contributed by atoms with Crippen LogP contribution in [0.25, 0.3) is 0 Å². The largest absolute Gasteiger partial charge is 0.488 e. The molecule has 6 nitrogen and oxygen atoms in total. The highest BCUT2D eigenvalue weighted by atomic mass is 32.2. The molecular formula is C19H26N2O4S. The van der Waals surface area contributed by atoms with E-state index in [9.17, 15) is 13.2 Å². The molecule has 2 aliphatic heterocycles. The minimum atomic E-state index is -3.60. The maximum Gasteiger partial charge on any atom is 0.243 e. The van der Waals surface area contributed by atoms with Crippen LogP contribution in [0.5, 0.6) is 5.75 Å². The first-order chi connectivity index (χ1) is 12.2. The highest BCUT2D eigenvalue weighted by Gasteiger charge is 2.32. The van der Waals surface area contributed by atoms with E-state index in [1.807, 2.05) is 13.8 Å². The van der Waals surface area contributed by atoms with Crippen molar-refractivity contribution in [1.29, 1.82) is 0 Å². The molecular weight excluding hydrogens is 352 g/mol. The number of benzene rings is 1. The van der Waals surface area contributed by atoms with Crippen molar-refractivity contribution in [3.8, 4) is 5.75 Å². The normalized spacial score (nSPS) is 22.8. The molecule has 0 unspecified atom stereocenters. The lowest BCUT2D eigenvalue weighted by molar-refractivity contribution is -0.117. The van der Waals surface area contributed by atoms with Crippen LogP contribution in [-0.2, 0) is 21.2 Å². The smallest absolute Gasteiger partial charge is 0.243 e. The number of nitrogens with zero attached hydrogens (tertiary/aromatic N) is 1. The van der Waals surface area contributed by atoms with Gasteiger partial charge in [0.1, 0.15) is 11.4 Å². The molecule has 1 saturated heterocycles. The number of piperidine rings is 1. The number of fused-ring (bicyclic) bond motifs is 1. The summed E-state index contributed by atoms with van der Waals surface area (Å²) in [6.45, 7) is 8.25. The van der Waals surface area contributed by atoms with Gasteiger partial charge in [-0.15, -0.1) is 0 Å². The lowest BCUT2D eigenvalue weighted by Crippen LogP contribution is -2.49. The van der Waals surface area contributed by atoms with E-state index in [0.29, 0.717) is 13.0 Å². The summed E-state index contributed by atoms with van der Waals surface area (Å²) in [7, 11) is -3.60. The van der Waals surface area contributed by atoms with Crippen molar-refractivity contribution in [2.45, 2.75) is 56.1 Å². The minimum Gasteiger partial charge on any atom is -0.488 e. The number of nitrogens with one attached hydrogen (secondary N) is 1.